The number of hydrogen-bond acceptors (Lipinski definition) is 5. The predicted octanol–water partition coefficient (Wildman–Crippen LogP) is 4.01. The second kappa shape index (κ2) is 12.8. The number of nitrogens with one attached hydrogen (secondary N) is 2. The van der Waals surface area contributed by atoms with Gasteiger partial charge in [0, 0.05) is 44.2 Å². The van der Waals surface area contributed by atoms with Crippen molar-refractivity contribution in [1.29, 1.82) is 0 Å². The molecule has 3 heterocycles. The van der Waals surface area contributed by atoms with Crippen molar-refractivity contribution in [3.05, 3.63) is 65.9 Å². The summed E-state index contributed by atoms with van der Waals surface area (Å²) in [6.07, 6.45) is 3.45. The van der Waals surface area contributed by atoms with Crippen molar-refractivity contribution in [1.82, 2.24) is 20.1 Å². The lowest BCUT2D eigenvalue weighted by Gasteiger charge is -2.41. The van der Waals surface area contributed by atoms with Crippen LogP contribution in [0.2, 0.25) is 0 Å². The largest absolute Gasteiger partial charge is 0.491 e. The van der Waals surface area contributed by atoms with E-state index in [0.717, 1.165) is 23.7 Å². The third-order valence-electron chi connectivity index (χ3n) is 8.40. The van der Waals surface area contributed by atoms with Gasteiger partial charge in [0.15, 0.2) is 0 Å². The highest BCUT2D eigenvalue weighted by Gasteiger charge is 2.42. The Labute approximate surface area is 241 Å². The first-order valence-corrected chi connectivity index (χ1v) is 14.6. The lowest BCUT2D eigenvalue weighted by molar-refractivity contribution is -0.135. The van der Waals surface area contributed by atoms with Gasteiger partial charge in [0.2, 0.25) is 5.91 Å². The minimum absolute atomic E-state index is 0.0170. The first-order chi connectivity index (χ1) is 19.9. The number of carbonyl (C=O) groups is 3. The Morgan fingerprint density at radius 1 is 1.05 bits per heavy atom. The fourth-order valence-electron chi connectivity index (χ4n) is 6.00. The number of likely N-dealkylation sites (tertiary alicyclic amines) is 1. The number of aromatic nitrogens is 1. The molecule has 1 atom stereocenters. The highest BCUT2D eigenvalue weighted by molar-refractivity contribution is 5.99. The summed E-state index contributed by atoms with van der Waals surface area (Å²) in [6.45, 7) is 4.81. The SMILES string of the molecule is COCCn1c(C(=O)N2CCC3(CCCCNC(=O)c4ccccc4OC[C@@H](C)NC3=O)CC2)cc2ccccc21. The van der Waals surface area contributed by atoms with Crippen LogP contribution in [0.3, 0.4) is 0 Å². The van der Waals surface area contributed by atoms with Crippen molar-refractivity contribution < 1.29 is 23.9 Å². The summed E-state index contributed by atoms with van der Waals surface area (Å²) < 4.78 is 13.3. The van der Waals surface area contributed by atoms with Gasteiger partial charge in [-0.3, -0.25) is 14.4 Å². The lowest BCUT2D eigenvalue weighted by atomic mass is 9.73. The van der Waals surface area contributed by atoms with Crippen molar-refractivity contribution in [2.24, 2.45) is 5.41 Å². The zero-order valence-corrected chi connectivity index (χ0v) is 24.0. The van der Waals surface area contributed by atoms with E-state index >= 15 is 0 Å². The molecule has 1 fully saturated rings. The maximum Gasteiger partial charge on any atom is 0.270 e. The Hall–Kier alpha value is -3.85. The molecule has 1 saturated heterocycles. The Balaban J connectivity index is 1.30. The molecule has 9 heteroatoms. The van der Waals surface area contributed by atoms with Gasteiger partial charge in [-0.15, -0.1) is 0 Å². The molecule has 1 spiro atoms. The average Bonchev–Trinajstić information content (AvgIpc) is 3.36. The number of benzene rings is 2. The molecule has 5 rings (SSSR count). The van der Waals surface area contributed by atoms with Gasteiger partial charge in [0.1, 0.15) is 18.1 Å². The van der Waals surface area contributed by atoms with Crippen LogP contribution in [0.25, 0.3) is 10.9 Å². The smallest absolute Gasteiger partial charge is 0.270 e. The minimum atomic E-state index is -0.570. The molecule has 9 nitrogen and oxygen atoms in total. The van der Waals surface area contributed by atoms with Crippen LogP contribution < -0.4 is 15.4 Å². The standard InChI is InChI=1S/C32H40N4O5/c1-23-22-41-28-12-6-4-10-25(28)29(37)33-16-8-7-13-32(31(39)34-23)14-17-35(18-15-32)30(38)27-21-24-9-3-5-11-26(24)36(27)19-20-40-2/h3-6,9-12,21,23H,7-8,13-20,22H2,1-2H3,(H,33,37)(H,34,39)/t23-/m1/s1. The molecular weight excluding hydrogens is 520 g/mol. The fourth-order valence-corrected chi connectivity index (χ4v) is 6.00. The summed E-state index contributed by atoms with van der Waals surface area (Å²) in [5.41, 5.74) is 1.59. The number of methoxy groups -OCH3 is 1. The van der Waals surface area contributed by atoms with Crippen molar-refractivity contribution in [2.45, 2.75) is 51.6 Å². The monoisotopic (exact) mass is 560 g/mol. The van der Waals surface area contributed by atoms with Crippen molar-refractivity contribution >= 4 is 28.6 Å². The van der Waals surface area contributed by atoms with Gasteiger partial charge in [-0.25, -0.2) is 0 Å². The average molecular weight is 561 g/mol. The topological polar surface area (TPSA) is 102 Å². The van der Waals surface area contributed by atoms with Crippen molar-refractivity contribution in [3.63, 3.8) is 0 Å². The Morgan fingerprint density at radius 2 is 1.80 bits per heavy atom. The van der Waals surface area contributed by atoms with Gasteiger partial charge in [-0.1, -0.05) is 36.8 Å². The molecule has 2 aromatic carbocycles. The highest BCUT2D eigenvalue weighted by atomic mass is 16.5. The Kier molecular flexibility index (Phi) is 8.93. The van der Waals surface area contributed by atoms with Gasteiger partial charge in [0.05, 0.1) is 23.6 Å². The van der Waals surface area contributed by atoms with Gasteiger partial charge in [-0.05, 0) is 56.9 Å². The zero-order valence-electron chi connectivity index (χ0n) is 24.0. The molecule has 41 heavy (non-hydrogen) atoms. The van der Waals surface area contributed by atoms with Crippen molar-refractivity contribution in [2.75, 3.05) is 40.0 Å². The molecule has 2 aliphatic heterocycles. The number of rotatable bonds is 4. The van der Waals surface area contributed by atoms with E-state index in [-0.39, 0.29) is 30.4 Å². The van der Waals surface area contributed by atoms with E-state index in [1.165, 1.54) is 0 Å². The summed E-state index contributed by atoms with van der Waals surface area (Å²) in [7, 11) is 1.66. The van der Waals surface area contributed by atoms with Crippen LogP contribution in [0.5, 0.6) is 5.75 Å². The molecule has 3 aromatic rings. The summed E-state index contributed by atoms with van der Waals surface area (Å²) in [5, 5.41) is 7.19. The Bertz CT molecular complexity index is 1390. The zero-order chi connectivity index (χ0) is 28.8. The first-order valence-electron chi connectivity index (χ1n) is 14.6. The molecule has 0 unspecified atom stereocenters. The molecule has 0 radical (unpaired) electrons. The summed E-state index contributed by atoms with van der Waals surface area (Å²) >= 11 is 0. The normalized spacial score (nSPS) is 20.0. The molecule has 0 saturated carbocycles. The molecular formula is C32H40N4O5. The van der Waals surface area contributed by atoms with Crippen LogP contribution in [0.15, 0.2) is 54.6 Å². The second-order valence-corrected chi connectivity index (χ2v) is 11.2. The Morgan fingerprint density at radius 3 is 2.61 bits per heavy atom. The predicted molar refractivity (Wildman–Crippen MR) is 157 cm³/mol. The lowest BCUT2D eigenvalue weighted by Crippen LogP contribution is -2.52. The number of nitrogens with zero attached hydrogens (tertiary/aromatic N) is 2. The number of fused-ring (bicyclic) bond motifs is 2. The van der Waals surface area contributed by atoms with Crippen LogP contribution in [0.1, 0.15) is 59.9 Å². The fraction of sp³-hybridized carbons (Fsp3) is 0.469. The van der Waals surface area contributed by atoms with Gasteiger partial charge in [-0.2, -0.15) is 0 Å². The maximum atomic E-state index is 13.8. The molecule has 3 amide bonds. The molecule has 0 aliphatic carbocycles. The van der Waals surface area contributed by atoms with E-state index in [9.17, 15) is 14.4 Å². The van der Waals surface area contributed by atoms with Crippen LogP contribution in [0.4, 0.5) is 0 Å². The maximum absolute atomic E-state index is 13.8. The number of carbonyl (C=O) groups excluding carboxylic acids is 3. The van der Waals surface area contributed by atoms with E-state index in [0.29, 0.717) is 69.1 Å². The molecule has 1 aromatic heterocycles. The number of piperidine rings is 1. The number of hydrogen-bond donors (Lipinski definition) is 2. The molecule has 2 N–H and O–H groups in total. The third kappa shape index (κ3) is 6.25. The van der Waals surface area contributed by atoms with E-state index in [1.807, 2.05) is 58.9 Å². The van der Waals surface area contributed by atoms with E-state index < -0.39 is 5.41 Å². The number of ether oxygens (including phenoxy) is 2. The van der Waals surface area contributed by atoms with Gasteiger partial charge < -0.3 is 29.6 Å². The van der Waals surface area contributed by atoms with E-state index in [1.54, 1.807) is 19.2 Å². The van der Waals surface area contributed by atoms with Crippen LogP contribution in [-0.2, 0) is 16.1 Å². The third-order valence-corrected chi connectivity index (χ3v) is 8.40. The molecule has 2 aliphatic rings. The minimum Gasteiger partial charge on any atom is -0.491 e. The number of para-hydroxylation sites is 2. The van der Waals surface area contributed by atoms with Gasteiger partial charge >= 0.3 is 0 Å². The summed E-state index contributed by atoms with van der Waals surface area (Å²) in [5.74, 6) is 0.354. The van der Waals surface area contributed by atoms with E-state index in [4.69, 9.17) is 9.47 Å². The van der Waals surface area contributed by atoms with Crippen molar-refractivity contribution in [3.8, 4) is 5.75 Å². The molecule has 0 bridgehead atoms. The van der Waals surface area contributed by atoms with E-state index in [2.05, 4.69) is 10.6 Å². The highest BCUT2D eigenvalue weighted by Crippen LogP contribution is 2.38. The summed E-state index contributed by atoms with van der Waals surface area (Å²) in [4.78, 5) is 42.2. The first kappa shape index (κ1) is 28.7. The van der Waals surface area contributed by atoms with Crippen LogP contribution >= 0.6 is 0 Å². The summed E-state index contributed by atoms with van der Waals surface area (Å²) in [6, 6.07) is 16.9. The van der Waals surface area contributed by atoms with Gasteiger partial charge in [0.25, 0.3) is 11.8 Å². The number of amides is 3. The quantitative estimate of drug-likeness (QED) is 0.502. The van der Waals surface area contributed by atoms with Crippen LogP contribution in [-0.4, -0.2) is 73.2 Å². The second-order valence-electron chi connectivity index (χ2n) is 11.2. The van der Waals surface area contributed by atoms with Crippen LogP contribution in [0, 0.1) is 5.41 Å². The molecule has 218 valence electrons.